The second kappa shape index (κ2) is 15.5. The van der Waals surface area contributed by atoms with Crippen molar-refractivity contribution >= 4 is 43.6 Å². The van der Waals surface area contributed by atoms with Gasteiger partial charge < -0.3 is 0 Å². The van der Waals surface area contributed by atoms with Crippen molar-refractivity contribution in [1.82, 2.24) is 44.9 Å². The van der Waals surface area contributed by atoms with E-state index in [4.69, 9.17) is 34.9 Å². The summed E-state index contributed by atoms with van der Waals surface area (Å²) in [5, 5.41) is 3.95. The van der Waals surface area contributed by atoms with E-state index in [2.05, 4.69) is 125 Å². The fraction of sp³-hybridized carbons (Fsp3) is 0. The van der Waals surface area contributed by atoms with Gasteiger partial charge in [0.2, 0.25) is 0 Å². The largest absolute Gasteiger partial charge is 0.264 e. The molecule has 7 aromatic heterocycles. The number of pyridine rings is 6. The van der Waals surface area contributed by atoms with Crippen LogP contribution in [0.4, 0.5) is 0 Å². The molecule has 12 aromatic rings. The molecule has 0 unspecified atom stereocenters. The first-order chi connectivity index (χ1) is 31.7. The van der Waals surface area contributed by atoms with Crippen LogP contribution in [0.5, 0.6) is 0 Å². The van der Waals surface area contributed by atoms with Crippen LogP contribution in [0.15, 0.2) is 201 Å². The van der Waals surface area contributed by atoms with Gasteiger partial charge in [0.1, 0.15) is 0 Å². The van der Waals surface area contributed by atoms with E-state index in [1.165, 1.54) is 0 Å². The number of benzene rings is 5. The summed E-state index contributed by atoms with van der Waals surface area (Å²) in [5.41, 5.74) is 13.9. The topological polar surface area (TPSA) is 116 Å². The highest BCUT2D eigenvalue weighted by molar-refractivity contribution is 6.13. The van der Waals surface area contributed by atoms with E-state index in [1.807, 2.05) is 73.6 Å². The lowest BCUT2D eigenvalue weighted by atomic mass is 9.90. The Morgan fingerprint density at radius 1 is 0.281 bits per heavy atom. The molecule has 0 saturated carbocycles. The normalized spacial score (nSPS) is 11.4. The molecule has 0 aliphatic carbocycles. The predicted octanol–water partition coefficient (Wildman–Crippen LogP) is 12.5. The summed E-state index contributed by atoms with van der Waals surface area (Å²) in [6, 6.07) is 51.6. The van der Waals surface area contributed by atoms with Crippen LogP contribution in [-0.4, -0.2) is 44.9 Å². The molecule has 0 aliphatic heterocycles. The van der Waals surface area contributed by atoms with Gasteiger partial charge in [0, 0.05) is 98.9 Å². The molecular weight excluding hydrogens is 787 g/mol. The molecule has 0 radical (unpaired) electrons. The maximum atomic E-state index is 5.29. The van der Waals surface area contributed by atoms with Gasteiger partial charge in [-0.05, 0) is 100 Å². The Morgan fingerprint density at radius 3 is 1.12 bits per heavy atom. The first kappa shape index (κ1) is 36.9. The number of nitrogens with zero attached hydrogens (tertiary/aromatic N) is 9. The summed E-state index contributed by atoms with van der Waals surface area (Å²) < 4.78 is 0. The van der Waals surface area contributed by atoms with Gasteiger partial charge in [-0.15, -0.1) is 0 Å². The van der Waals surface area contributed by atoms with E-state index in [1.54, 1.807) is 12.4 Å². The lowest BCUT2D eigenvalue weighted by Crippen LogP contribution is -2.01. The smallest absolute Gasteiger partial charge is 0.164 e. The minimum atomic E-state index is 0.516. The molecule has 7 heterocycles. The molecule has 0 fully saturated rings. The van der Waals surface area contributed by atoms with Crippen LogP contribution in [0.2, 0.25) is 0 Å². The summed E-state index contributed by atoms with van der Waals surface area (Å²) in [6.07, 6.45) is 14.6. The van der Waals surface area contributed by atoms with Crippen LogP contribution < -0.4 is 0 Å². The summed E-state index contributed by atoms with van der Waals surface area (Å²) >= 11 is 0. The van der Waals surface area contributed by atoms with Crippen molar-refractivity contribution in [2.24, 2.45) is 0 Å². The zero-order valence-electron chi connectivity index (χ0n) is 34.1. The zero-order valence-corrected chi connectivity index (χ0v) is 34.1. The molecule has 0 amide bonds. The third-order valence-electron chi connectivity index (χ3n) is 11.6. The van der Waals surface area contributed by atoms with Crippen LogP contribution >= 0.6 is 0 Å². The van der Waals surface area contributed by atoms with Gasteiger partial charge in [0.15, 0.2) is 17.5 Å². The van der Waals surface area contributed by atoms with Crippen molar-refractivity contribution in [2.75, 3.05) is 0 Å². The summed E-state index contributed by atoms with van der Waals surface area (Å²) in [4.78, 5) is 44.0. The molecule has 9 heteroatoms. The van der Waals surface area contributed by atoms with E-state index >= 15 is 0 Å². The lowest BCUT2D eigenvalue weighted by Gasteiger charge is -2.16. The van der Waals surface area contributed by atoms with Crippen molar-refractivity contribution in [2.45, 2.75) is 0 Å². The summed E-state index contributed by atoms with van der Waals surface area (Å²) in [6.45, 7) is 0. The van der Waals surface area contributed by atoms with Gasteiger partial charge in [-0.3, -0.25) is 29.9 Å². The molecule has 0 bridgehead atoms. The van der Waals surface area contributed by atoms with E-state index in [0.717, 1.165) is 105 Å². The van der Waals surface area contributed by atoms with E-state index < -0.39 is 0 Å². The Morgan fingerprint density at radius 2 is 0.672 bits per heavy atom. The van der Waals surface area contributed by atoms with Crippen molar-refractivity contribution < 1.29 is 0 Å². The van der Waals surface area contributed by atoms with E-state index in [0.29, 0.717) is 17.5 Å². The average molecular weight is 820 g/mol. The maximum Gasteiger partial charge on any atom is 0.164 e. The molecule has 0 atom stereocenters. The van der Waals surface area contributed by atoms with Crippen molar-refractivity contribution in [3.05, 3.63) is 201 Å². The van der Waals surface area contributed by atoms with Gasteiger partial charge in [0.25, 0.3) is 0 Å². The molecule has 0 aliphatic rings. The number of fused-ring (bicyclic) bond motifs is 4. The van der Waals surface area contributed by atoms with Crippen LogP contribution in [-0.2, 0) is 0 Å². The Bertz CT molecular complexity index is 3360. The van der Waals surface area contributed by atoms with Gasteiger partial charge in [-0.2, -0.15) is 0 Å². The number of aromatic nitrogens is 9. The first-order valence-corrected chi connectivity index (χ1v) is 20.9. The highest BCUT2D eigenvalue weighted by Crippen LogP contribution is 2.42. The Labute approximate surface area is 367 Å². The SMILES string of the molecule is c1cncc(-c2ccc(-c3nc(-c4ccc(-c5cccnc5)cc4)nc(-c4cc(-c5c6cccnc6cc6cccnc56)cc(-c5c6cccnc6cc6cccnc56)c4)n3)cc2)c1. The van der Waals surface area contributed by atoms with Crippen molar-refractivity contribution in [1.29, 1.82) is 0 Å². The molecule has 0 N–H and O–H groups in total. The second-order valence-corrected chi connectivity index (χ2v) is 15.5. The lowest BCUT2D eigenvalue weighted by molar-refractivity contribution is 1.07. The predicted molar refractivity (Wildman–Crippen MR) is 255 cm³/mol. The summed E-state index contributed by atoms with van der Waals surface area (Å²) in [7, 11) is 0. The highest BCUT2D eigenvalue weighted by atomic mass is 15.0. The van der Waals surface area contributed by atoms with Crippen LogP contribution in [0.1, 0.15) is 0 Å². The van der Waals surface area contributed by atoms with Crippen LogP contribution in [0.3, 0.4) is 0 Å². The number of hydrogen-bond acceptors (Lipinski definition) is 9. The van der Waals surface area contributed by atoms with Gasteiger partial charge >= 0.3 is 0 Å². The molecule has 5 aromatic carbocycles. The Balaban J connectivity index is 1.13. The Kier molecular flexibility index (Phi) is 8.93. The fourth-order valence-corrected chi connectivity index (χ4v) is 8.61. The molecule has 64 heavy (non-hydrogen) atoms. The van der Waals surface area contributed by atoms with Gasteiger partial charge in [0.05, 0.1) is 22.1 Å². The number of rotatable bonds is 7. The highest BCUT2D eigenvalue weighted by Gasteiger charge is 2.20. The molecule has 12 rings (SSSR count). The minimum absolute atomic E-state index is 0.516. The molecular formula is C55H33N9. The second-order valence-electron chi connectivity index (χ2n) is 15.5. The maximum absolute atomic E-state index is 5.29. The van der Waals surface area contributed by atoms with E-state index in [9.17, 15) is 0 Å². The third kappa shape index (κ3) is 6.65. The molecule has 0 saturated heterocycles. The number of hydrogen-bond donors (Lipinski definition) is 0. The van der Waals surface area contributed by atoms with Crippen molar-refractivity contribution in [3.8, 4) is 78.7 Å². The monoisotopic (exact) mass is 819 g/mol. The van der Waals surface area contributed by atoms with Crippen LogP contribution in [0.25, 0.3) is 122 Å². The standard InChI is InChI=1S/C55H33N9/c1-9-40(32-56-21-1)34-13-17-36(18-14-34)53-62-54(37-19-15-35(16-20-37)41-10-2-22-57-33-41)64-55(63-53)44-28-42(49-45-11-5-23-58-47(45)30-38-7-3-25-60-51(38)49)27-43(29-44)50-46-12-6-24-59-48(46)31-39-8-4-26-61-52(39)50/h1-33H. The van der Waals surface area contributed by atoms with Crippen molar-refractivity contribution in [3.63, 3.8) is 0 Å². The molecule has 298 valence electrons. The van der Waals surface area contributed by atoms with Gasteiger partial charge in [-0.1, -0.05) is 84.9 Å². The van der Waals surface area contributed by atoms with E-state index in [-0.39, 0.29) is 0 Å². The quantitative estimate of drug-likeness (QED) is 0.145. The first-order valence-electron chi connectivity index (χ1n) is 20.9. The minimum Gasteiger partial charge on any atom is -0.264 e. The molecule has 9 nitrogen and oxygen atoms in total. The molecule has 0 spiro atoms. The van der Waals surface area contributed by atoms with Gasteiger partial charge in [-0.25, -0.2) is 15.0 Å². The zero-order chi connectivity index (χ0) is 42.4. The third-order valence-corrected chi connectivity index (χ3v) is 11.6. The summed E-state index contributed by atoms with van der Waals surface area (Å²) in [5.74, 6) is 1.61. The Hall–Kier alpha value is -8.95. The average Bonchev–Trinajstić information content (AvgIpc) is 3.37. The van der Waals surface area contributed by atoms with Crippen LogP contribution in [0, 0.1) is 0 Å². The fourth-order valence-electron chi connectivity index (χ4n) is 8.61.